The van der Waals surface area contributed by atoms with Crippen LogP contribution in [0.15, 0.2) is 24.5 Å². The van der Waals surface area contributed by atoms with E-state index in [4.69, 9.17) is 4.74 Å². The number of ether oxygens (including phenoxy) is 1. The van der Waals surface area contributed by atoms with E-state index < -0.39 is 0 Å². The highest BCUT2D eigenvalue weighted by atomic mass is 16.5. The maximum atomic E-state index is 12.4. The summed E-state index contributed by atoms with van der Waals surface area (Å²) in [4.78, 5) is 18.9. The molecular formula is C18H25N3O2. The van der Waals surface area contributed by atoms with E-state index in [0.717, 1.165) is 32.5 Å². The summed E-state index contributed by atoms with van der Waals surface area (Å²) in [5.41, 5.74) is 1.17. The molecule has 0 unspecified atom stereocenters. The van der Waals surface area contributed by atoms with Gasteiger partial charge in [-0.25, -0.2) is 0 Å². The number of hydrogen-bond acceptors (Lipinski definition) is 4. The zero-order valence-electron chi connectivity index (χ0n) is 13.5. The number of rotatable bonds is 5. The fourth-order valence-electron chi connectivity index (χ4n) is 4.41. The third kappa shape index (κ3) is 3.00. The molecule has 1 aromatic rings. The third-order valence-corrected chi connectivity index (χ3v) is 5.63. The molecule has 1 saturated carbocycles. The summed E-state index contributed by atoms with van der Waals surface area (Å²) in [7, 11) is 0. The SMILES string of the molecule is O=C(CCc1ccncc1)N[C@H]1[C@H]2CCO[C@H]2[C@@H]1N1CCCC1. The van der Waals surface area contributed by atoms with Gasteiger partial charge >= 0.3 is 0 Å². The zero-order chi connectivity index (χ0) is 15.6. The quantitative estimate of drug-likeness (QED) is 0.892. The third-order valence-electron chi connectivity index (χ3n) is 5.63. The Morgan fingerprint density at radius 2 is 2.09 bits per heavy atom. The predicted molar refractivity (Wildman–Crippen MR) is 86.9 cm³/mol. The Hall–Kier alpha value is -1.46. The maximum absolute atomic E-state index is 12.4. The molecule has 2 saturated heterocycles. The van der Waals surface area contributed by atoms with Gasteiger partial charge in [-0.1, -0.05) is 0 Å². The molecule has 0 spiro atoms. The minimum absolute atomic E-state index is 0.168. The number of hydrogen-bond donors (Lipinski definition) is 1. The van der Waals surface area contributed by atoms with Crippen LogP contribution in [-0.2, 0) is 16.0 Å². The number of aryl methyl sites for hydroxylation is 1. The van der Waals surface area contributed by atoms with Crippen LogP contribution in [0.3, 0.4) is 0 Å². The van der Waals surface area contributed by atoms with Crippen molar-refractivity contribution in [1.82, 2.24) is 15.2 Å². The molecule has 0 radical (unpaired) electrons. The van der Waals surface area contributed by atoms with Gasteiger partial charge in [-0.05, 0) is 56.5 Å². The maximum Gasteiger partial charge on any atom is 0.220 e. The van der Waals surface area contributed by atoms with Crippen LogP contribution in [0.2, 0.25) is 0 Å². The number of likely N-dealkylation sites (tertiary alicyclic amines) is 1. The first kappa shape index (κ1) is 15.1. The van der Waals surface area contributed by atoms with Crippen molar-refractivity contribution < 1.29 is 9.53 Å². The molecule has 1 aromatic heterocycles. The molecule has 1 N–H and O–H groups in total. The average molecular weight is 315 g/mol. The van der Waals surface area contributed by atoms with E-state index in [1.807, 2.05) is 12.1 Å². The van der Waals surface area contributed by atoms with Crippen LogP contribution in [0, 0.1) is 5.92 Å². The highest BCUT2D eigenvalue weighted by molar-refractivity contribution is 5.76. The second-order valence-electron chi connectivity index (χ2n) is 6.97. The van der Waals surface area contributed by atoms with Crippen LogP contribution in [0.5, 0.6) is 0 Å². The lowest BCUT2D eigenvalue weighted by Crippen LogP contribution is -2.70. The molecule has 0 bridgehead atoms. The molecule has 124 valence electrons. The van der Waals surface area contributed by atoms with Crippen LogP contribution < -0.4 is 5.32 Å². The first-order valence-corrected chi connectivity index (χ1v) is 8.87. The van der Waals surface area contributed by atoms with Crippen LogP contribution in [0.4, 0.5) is 0 Å². The topological polar surface area (TPSA) is 54.5 Å². The van der Waals surface area contributed by atoms with E-state index in [9.17, 15) is 4.79 Å². The standard InChI is InChI=1S/C18H25N3O2/c22-15(4-3-13-5-8-19-9-6-13)20-16-14-7-12-23-18(14)17(16)21-10-1-2-11-21/h5-6,8-9,14,16-18H,1-4,7,10-12H2,(H,20,22)/t14-,16+,17-,18-/m1/s1. The Bertz CT molecular complexity index is 540. The molecule has 2 aliphatic heterocycles. The van der Waals surface area contributed by atoms with Crippen molar-refractivity contribution in [2.24, 2.45) is 5.92 Å². The highest BCUT2D eigenvalue weighted by Gasteiger charge is 2.56. The van der Waals surface area contributed by atoms with E-state index in [1.54, 1.807) is 12.4 Å². The van der Waals surface area contributed by atoms with Crippen molar-refractivity contribution in [2.75, 3.05) is 19.7 Å². The van der Waals surface area contributed by atoms with Gasteiger partial charge in [-0.15, -0.1) is 0 Å². The second-order valence-corrected chi connectivity index (χ2v) is 6.97. The number of carbonyl (C=O) groups excluding carboxylic acids is 1. The normalized spacial score (nSPS) is 33.2. The molecule has 1 aliphatic carbocycles. The monoisotopic (exact) mass is 315 g/mol. The van der Waals surface area contributed by atoms with Crippen LogP contribution >= 0.6 is 0 Å². The van der Waals surface area contributed by atoms with Crippen LogP contribution in [-0.4, -0.2) is 53.7 Å². The average Bonchev–Trinajstić information content (AvgIpc) is 3.23. The Labute approximate surface area is 137 Å². The lowest BCUT2D eigenvalue weighted by atomic mass is 9.70. The molecule has 4 atom stereocenters. The van der Waals surface area contributed by atoms with Gasteiger partial charge in [0.15, 0.2) is 0 Å². The zero-order valence-corrected chi connectivity index (χ0v) is 13.5. The first-order valence-electron chi connectivity index (χ1n) is 8.87. The number of carbonyl (C=O) groups is 1. The minimum atomic E-state index is 0.168. The van der Waals surface area contributed by atoms with Crippen molar-refractivity contribution in [1.29, 1.82) is 0 Å². The van der Waals surface area contributed by atoms with E-state index in [0.29, 0.717) is 24.5 Å². The Morgan fingerprint density at radius 1 is 1.30 bits per heavy atom. The molecule has 23 heavy (non-hydrogen) atoms. The van der Waals surface area contributed by atoms with E-state index in [-0.39, 0.29) is 11.9 Å². The Kier molecular flexibility index (Phi) is 4.31. The van der Waals surface area contributed by atoms with Crippen molar-refractivity contribution >= 4 is 5.91 Å². The first-order chi connectivity index (χ1) is 11.3. The molecule has 3 fully saturated rings. The largest absolute Gasteiger partial charge is 0.376 e. The molecule has 4 rings (SSSR count). The van der Waals surface area contributed by atoms with Gasteiger partial charge in [0.1, 0.15) is 0 Å². The summed E-state index contributed by atoms with van der Waals surface area (Å²) >= 11 is 0. The molecule has 3 aliphatic rings. The second kappa shape index (κ2) is 6.57. The van der Waals surface area contributed by atoms with Crippen molar-refractivity contribution in [3.8, 4) is 0 Å². The van der Waals surface area contributed by atoms with Crippen LogP contribution in [0.1, 0.15) is 31.2 Å². The van der Waals surface area contributed by atoms with Crippen molar-refractivity contribution in [3.63, 3.8) is 0 Å². The summed E-state index contributed by atoms with van der Waals surface area (Å²) in [6.45, 7) is 3.16. The Morgan fingerprint density at radius 3 is 2.87 bits per heavy atom. The summed E-state index contributed by atoms with van der Waals surface area (Å²) in [6, 6.07) is 4.63. The van der Waals surface area contributed by atoms with Crippen molar-refractivity contribution in [3.05, 3.63) is 30.1 Å². The summed E-state index contributed by atoms with van der Waals surface area (Å²) in [6.07, 6.45) is 8.87. The van der Waals surface area contributed by atoms with Gasteiger partial charge in [-0.3, -0.25) is 14.7 Å². The van der Waals surface area contributed by atoms with Gasteiger partial charge in [-0.2, -0.15) is 0 Å². The van der Waals surface area contributed by atoms with Gasteiger partial charge in [0.05, 0.1) is 18.2 Å². The number of fused-ring (bicyclic) bond motifs is 1. The molecular weight excluding hydrogens is 290 g/mol. The van der Waals surface area contributed by atoms with E-state index in [1.165, 1.54) is 18.4 Å². The molecule has 5 nitrogen and oxygen atoms in total. The highest BCUT2D eigenvalue weighted by Crippen LogP contribution is 2.42. The van der Waals surface area contributed by atoms with E-state index in [2.05, 4.69) is 15.2 Å². The minimum Gasteiger partial charge on any atom is -0.376 e. The number of pyridine rings is 1. The molecule has 0 aromatic carbocycles. The molecule has 5 heteroatoms. The smallest absolute Gasteiger partial charge is 0.220 e. The number of nitrogens with one attached hydrogen (secondary N) is 1. The summed E-state index contributed by atoms with van der Waals surface area (Å²) < 4.78 is 5.92. The van der Waals surface area contributed by atoms with Gasteiger partial charge in [0.25, 0.3) is 0 Å². The van der Waals surface area contributed by atoms with Crippen molar-refractivity contribution in [2.45, 2.75) is 50.3 Å². The van der Waals surface area contributed by atoms with Crippen LogP contribution in [0.25, 0.3) is 0 Å². The Balaban J connectivity index is 1.34. The number of amides is 1. The van der Waals surface area contributed by atoms with Gasteiger partial charge in [0, 0.05) is 31.3 Å². The van der Waals surface area contributed by atoms with Gasteiger partial charge < -0.3 is 10.1 Å². The predicted octanol–water partition coefficient (Wildman–Crippen LogP) is 1.38. The molecule has 1 amide bonds. The number of nitrogens with zero attached hydrogens (tertiary/aromatic N) is 2. The lowest BCUT2D eigenvalue weighted by Gasteiger charge is -2.51. The lowest BCUT2D eigenvalue weighted by molar-refractivity contribution is -0.128. The summed E-state index contributed by atoms with van der Waals surface area (Å²) in [5.74, 6) is 0.687. The fraction of sp³-hybridized carbons (Fsp3) is 0.667. The molecule has 3 heterocycles. The fourth-order valence-corrected chi connectivity index (χ4v) is 4.41. The van der Waals surface area contributed by atoms with Gasteiger partial charge in [0.2, 0.25) is 5.91 Å². The van der Waals surface area contributed by atoms with E-state index >= 15 is 0 Å². The number of aromatic nitrogens is 1. The summed E-state index contributed by atoms with van der Waals surface area (Å²) in [5, 5.41) is 3.31.